The van der Waals surface area contributed by atoms with E-state index in [9.17, 15) is 19.8 Å². The molecule has 0 fully saturated rings. The summed E-state index contributed by atoms with van der Waals surface area (Å²) in [5.41, 5.74) is 1.50. The second-order valence-electron chi connectivity index (χ2n) is 8.99. The molecule has 0 saturated heterocycles. The van der Waals surface area contributed by atoms with Crippen LogP contribution in [0.3, 0.4) is 0 Å². The number of fused-ring (bicyclic) bond motifs is 1. The molecular weight excluding hydrogens is 486 g/mol. The van der Waals surface area contributed by atoms with Crippen molar-refractivity contribution in [1.82, 2.24) is 4.90 Å². The van der Waals surface area contributed by atoms with Gasteiger partial charge in [0.05, 0.1) is 37.9 Å². The van der Waals surface area contributed by atoms with E-state index in [1.807, 2.05) is 42.5 Å². The van der Waals surface area contributed by atoms with E-state index in [0.717, 1.165) is 16.5 Å². The van der Waals surface area contributed by atoms with Crippen molar-refractivity contribution in [1.29, 1.82) is 0 Å². The van der Waals surface area contributed by atoms with Crippen LogP contribution in [0.4, 0.5) is 0 Å². The van der Waals surface area contributed by atoms with Crippen molar-refractivity contribution >= 4 is 22.7 Å². The summed E-state index contributed by atoms with van der Waals surface area (Å²) in [6, 6.07) is 18.8. The number of aliphatic carboxylic acids is 2. The van der Waals surface area contributed by atoms with Crippen molar-refractivity contribution in [3.63, 3.8) is 0 Å². The van der Waals surface area contributed by atoms with Gasteiger partial charge in [0.25, 0.3) is 0 Å². The van der Waals surface area contributed by atoms with Gasteiger partial charge in [-0.05, 0) is 49.4 Å². The van der Waals surface area contributed by atoms with Crippen molar-refractivity contribution in [2.45, 2.75) is 26.2 Å². The van der Waals surface area contributed by atoms with Crippen molar-refractivity contribution in [3.05, 3.63) is 88.8 Å². The van der Waals surface area contributed by atoms with E-state index in [1.54, 1.807) is 36.9 Å². The number of rotatable bonds is 10. The highest BCUT2D eigenvalue weighted by molar-refractivity contribution is 5.98. The predicted octanol–water partition coefficient (Wildman–Crippen LogP) is 5.44. The van der Waals surface area contributed by atoms with Gasteiger partial charge in [0.15, 0.2) is 11.5 Å². The molecule has 0 amide bonds. The third kappa shape index (κ3) is 5.02. The monoisotopic (exact) mass is 517 g/mol. The molecule has 4 rings (SSSR count). The average Bonchev–Trinajstić information content (AvgIpc) is 2.91. The van der Waals surface area contributed by atoms with Gasteiger partial charge in [-0.25, -0.2) is 9.59 Å². The molecule has 3 aromatic rings. The zero-order chi connectivity index (χ0) is 27.4. The first-order valence-corrected chi connectivity index (χ1v) is 12.3. The predicted molar refractivity (Wildman–Crippen MR) is 144 cm³/mol. The molecule has 3 aromatic carbocycles. The molecule has 1 aliphatic rings. The average molecular weight is 518 g/mol. The Balaban J connectivity index is 1.62. The van der Waals surface area contributed by atoms with E-state index in [2.05, 4.69) is 0 Å². The Morgan fingerprint density at radius 3 is 2.08 bits per heavy atom. The van der Waals surface area contributed by atoms with Crippen LogP contribution in [-0.2, 0) is 9.59 Å². The van der Waals surface area contributed by atoms with Crippen molar-refractivity contribution < 1.29 is 34.0 Å². The molecule has 0 aliphatic carbocycles. The van der Waals surface area contributed by atoms with E-state index in [4.69, 9.17) is 14.2 Å². The third-order valence-electron chi connectivity index (χ3n) is 6.90. The summed E-state index contributed by atoms with van der Waals surface area (Å²) in [4.78, 5) is 26.8. The maximum atomic E-state index is 12.5. The van der Waals surface area contributed by atoms with Crippen LogP contribution in [0.5, 0.6) is 17.2 Å². The summed E-state index contributed by atoms with van der Waals surface area (Å²) in [6.45, 7) is 4.21. The van der Waals surface area contributed by atoms with Gasteiger partial charge in [-0.15, -0.1) is 0 Å². The van der Waals surface area contributed by atoms with E-state index in [0.29, 0.717) is 48.0 Å². The van der Waals surface area contributed by atoms with Crippen molar-refractivity contribution in [2.24, 2.45) is 0 Å². The fourth-order valence-corrected chi connectivity index (χ4v) is 5.09. The zero-order valence-electron chi connectivity index (χ0n) is 21.9. The number of ether oxygens (including phenoxy) is 3. The molecule has 38 heavy (non-hydrogen) atoms. The highest BCUT2D eigenvalue weighted by atomic mass is 16.5. The minimum atomic E-state index is -1.18. The van der Waals surface area contributed by atoms with Gasteiger partial charge in [-0.1, -0.05) is 42.5 Å². The molecule has 1 aliphatic heterocycles. The Labute approximate surface area is 221 Å². The maximum absolute atomic E-state index is 12.5. The van der Waals surface area contributed by atoms with Crippen LogP contribution in [0.15, 0.2) is 83.2 Å². The van der Waals surface area contributed by atoms with Crippen LogP contribution >= 0.6 is 0 Å². The maximum Gasteiger partial charge on any atom is 0.334 e. The number of allylic oxidation sites excluding steroid dienone is 2. The molecule has 0 spiro atoms. The summed E-state index contributed by atoms with van der Waals surface area (Å²) in [5, 5.41) is 22.5. The first kappa shape index (κ1) is 26.6. The number of methoxy groups -OCH3 is 2. The lowest BCUT2D eigenvalue weighted by Gasteiger charge is -2.37. The number of nitrogens with zero attached hydrogens (tertiary/aromatic N) is 1. The number of hydrogen-bond donors (Lipinski definition) is 2. The number of hydrogen-bond acceptors (Lipinski definition) is 6. The molecule has 0 radical (unpaired) electrons. The van der Waals surface area contributed by atoms with Crippen molar-refractivity contribution in [3.8, 4) is 17.2 Å². The Hall–Kier alpha value is -4.46. The van der Waals surface area contributed by atoms with Crippen LogP contribution < -0.4 is 14.2 Å². The Morgan fingerprint density at radius 2 is 1.45 bits per heavy atom. The van der Waals surface area contributed by atoms with Gasteiger partial charge in [-0.2, -0.15) is 0 Å². The number of benzene rings is 3. The largest absolute Gasteiger partial charge is 0.493 e. The van der Waals surface area contributed by atoms with Crippen LogP contribution in [-0.4, -0.2) is 54.4 Å². The minimum absolute atomic E-state index is 0.00944. The van der Waals surface area contributed by atoms with Crippen molar-refractivity contribution in [2.75, 3.05) is 27.4 Å². The topological polar surface area (TPSA) is 106 Å². The van der Waals surface area contributed by atoms with Crippen LogP contribution in [0.2, 0.25) is 0 Å². The van der Waals surface area contributed by atoms with E-state index < -0.39 is 17.9 Å². The summed E-state index contributed by atoms with van der Waals surface area (Å²) in [7, 11) is 2.97. The van der Waals surface area contributed by atoms with Gasteiger partial charge in [0, 0.05) is 23.3 Å². The highest BCUT2D eigenvalue weighted by Crippen LogP contribution is 2.44. The molecular formula is C30H31NO7. The Kier molecular flexibility index (Phi) is 7.90. The summed E-state index contributed by atoms with van der Waals surface area (Å²) in [5.74, 6) is -1.70. The van der Waals surface area contributed by atoms with Crippen LogP contribution in [0.25, 0.3) is 10.8 Å². The smallest absolute Gasteiger partial charge is 0.334 e. The lowest BCUT2D eigenvalue weighted by molar-refractivity contribution is -0.133. The van der Waals surface area contributed by atoms with Gasteiger partial charge in [0.2, 0.25) is 0 Å². The third-order valence-corrected chi connectivity index (χ3v) is 6.90. The highest BCUT2D eigenvalue weighted by Gasteiger charge is 2.39. The van der Waals surface area contributed by atoms with Crippen LogP contribution in [0.1, 0.15) is 31.7 Å². The van der Waals surface area contributed by atoms with Gasteiger partial charge >= 0.3 is 11.9 Å². The second-order valence-corrected chi connectivity index (χ2v) is 8.99. The molecule has 0 atom stereocenters. The minimum Gasteiger partial charge on any atom is -0.493 e. The van der Waals surface area contributed by atoms with Gasteiger partial charge in [0.1, 0.15) is 5.75 Å². The molecule has 8 heteroatoms. The van der Waals surface area contributed by atoms with E-state index in [1.165, 1.54) is 14.2 Å². The fourth-order valence-electron chi connectivity index (χ4n) is 5.09. The summed E-state index contributed by atoms with van der Waals surface area (Å²) >= 11 is 0. The SMILES string of the molecule is COc1ccc(C2C(C(=O)O)=C(C)N(CCCOc3cccc4ccccc34)C(C)=C2C(=O)O)cc1OC. The summed E-state index contributed by atoms with van der Waals surface area (Å²) < 4.78 is 16.7. The van der Waals surface area contributed by atoms with Gasteiger partial charge in [-0.3, -0.25) is 0 Å². The standard InChI is InChI=1S/C30H31NO7/c1-18-26(29(32)33)28(21-13-14-24(36-3)25(17-21)37-4)27(30(34)35)19(2)31(18)15-8-16-38-23-12-7-10-20-9-5-6-11-22(20)23/h5-7,9-14,17,28H,8,15-16H2,1-4H3,(H,32,33)(H,34,35). The molecule has 0 unspecified atom stereocenters. The molecule has 0 saturated carbocycles. The number of carbonyl (C=O) groups is 2. The number of carboxylic acid groups (broad SMARTS) is 2. The first-order chi connectivity index (χ1) is 18.3. The second kappa shape index (κ2) is 11.3. The summed E-state index contributed by atoms with van der Waals surface area (Å²) in [6.07, 6.45) is 0.554. The molecule has 0 bridgehead atoms. The fraction of sp³-hybridized carbons (Fsp3) is 0.267. The Bertz CT molecular complexity index is 1400. The van der Waals surface area contributed by atoms with E-state index in [-0.39, 0.29) is 11.1 Å². The number of carboxylic acids is 2. The van der Waals surface area contributed by atoms with E-state index >= 15 is 0 Å². The lowest BCUT2D eigenvalue weighted by atomic mass is 9.79. The molecule has 2 N–H and O–H groups in total. The molecule has 0 aromatic heterocycles. The molecule has 1 heterocycles. The first-order valence-electron chi connectivity index (χ1n) is 12.3. The Morgan fingerprint density at radius 1 is 0.816 bits per heavy atom. The molecule has 198 valence electrons. The lowest BCUT2D eigenvalue weighted by Crippen LogP contribution is -2.35. The zero-order valence-corrected chi connectivity index (χ0v) is 21.9. The molecule has 8 nitrogen and oxygen atoms in total. The van der Waals surface area contributed by atoms with Crippen LogP contribution in [0, 0.1) is 0 Å². The quantitative estimate of drug-likeness (QED) is 0.343. The van der Waals surface area contributed by atoms with Gasteiger partial charge < -0.3 is 29.3 Å². The normalized spacial score (nSPS) is 14.2.